The lowest BCUT2D eigenvalue weighted by Gasteiger charge is -2.43. The number of likely N-dealkylation sites (tertiary alicyclic amines) is 1. The van der Waals surface area contributed by atoms with E-state index in [4.69, 9.17) is 23.1 Å². The van der Waals surface area contributed by atoms with E-state index in [1.165, 1.54) is 0 Å². The molecular formula is C14H22ClN3OS. The molecule has 0 radical (unpaired) electrons. The van der Waals surface area contributed by atoms with Crippen LogP contribution in [-0.4, -0.2) is 29.4 Å². The molecule has 0 spiro atoms. The highest BCUT2D eigenvalue weighted by atomic mass is 35.5. The van der Waals surface area contributed by atoms with Gasteiger partial charge in [-0.2, -0.15) is 0 Å². The van der Waals surface area contributed by atoms with Crippen molar-refractivity contribution < 1.29 is 4.79 Å². The summed E-state index contributed by atoms with van der Waals surface area (Å²) >= 11 is 7.61. The number of piperidine rings is 1. The Balaban J connectivity index is 2.25. The smallest absolute Gasteiger partial charge is 0.221 e. The zero-order chi connectivity index (χ0) is 14.9. The Bertz CT molecular complexity index is 477. The molecule has 2 rings (SSSR count). The van der Waals surface area contributed by atoms with Gasteiger partial charge in [-0.05, 0) is 38.8 Å². The summed E-state index contributed by atoms with van der Waals surface area (Å²) in [5.74, 6) is -0.294. The molecule has 1 aromatic rings. The third-order valence-corrected chi connectivity index (χ3v) is 5.38. The highest BCUT2D eigenvalue weighted by Gasteiger charge is 2.35. The average molecular weight is 316 g/mol. The average Bonchev–Trinajstić information content (AvgIpc) is 2.77. The van der Waals surface area contributed by atoms with Gasteiger partial charge in [-0.15, -0.1) is 11.3 Å². The van der Waals surface area contributed by atoms with E-state index >= 15 is 0 Å². The Hall–Kier alpha value is -0.620. The fourth-order valence-corrected chi connectivity index (χ4v) is 4.26. The largest absolute Gasteiger partial charge is 0.369 e. The molecule has 1 amide bonds. The fraction of sp³-hybridized carbons (Fsp3) is 0.643. The summed E-state index contributed by atoms with van der Waals surface area (Å²) < 4.78 is 0.766. The van der Waals surface area contributed by atoms with Crippen LogP contribution in [0.2, 0.25) is 4.34 Å². The molecule has 0 aliphatic carbocycles. The van der Waals surface area contributed by atoms with Gasteiger partial charge in [-0.3, -0.25) is 9.69 Å². The minimum absolute atomic E-state index is 0.0289. The first-order chi connectivity index (χ1) is 9.40. The van der Waals surface area contributed by atoms with Gasteiger partial charge < -0.3 is 11.5 Å². The lowest BCUT2D eigenvalue weighted by Crippen LogP contribution is -2.50. The van der Waals surface area contributed by atoms with Crippen molar-refractivity contribution in [2.45, 2.75) is 44.8 Å². The Morgan fingerprint density at radius 3 is 2.70 bits per heavy atom. The van der Waals surface area contributed by atoms with Crippen LogP contribution in [-0.2, 0) is 4.79 Å². The molecule has 0 saturated carbocycles. The van der Waals surface area contributed by atoms with Crippen LogP contribution in [0.25, 0.3) is 0 Å². The number of thiophene rings is 1. The quantitative estimate of drug-likeness (QED) is 0.896. The zero-order valence-corrected chi connectivity index (χ0v) is 13.5. The monoisotopic (exact) mass is 315 g/mol. The third-order valence-electron chi connectivity index (χ3n) is 4.07. The fourth-order valence-electron chi connectivity index (χ4n) is 2.97. The first-order valence-corrected chi connectivity index (χ1v) is 8.15. The van der Waals surface area contributed by atoms with E-state index in [1.807, 2.05) is 19.1 Å². The van der Waals surface area contributed by atoms with E-state index in [2.05, 4.69) is 11.8 Å². The second kappa shape index (κ2) is 6.43. The minimum Gasteiger partial charge on any atom is -0.369 e. The van der Waals surface area contributed by atoms with Gasteiger partial charge in [0, 0.05) is 23.5 Å². The van der Waals surface area contributed by atoms with Crippen molar-refractivity contribution in [2.24, 2.45) is 17.4 Å². The number of rotatable bonds is 4. The van der Waals surface area contributed by atoms with Gasteiger partial charge in [0.05, 0.1) is 16.3 Å². The van der Waals surface area contributed by atoms with Gasteiger partial charge in [0.1, 0.15) is 0 Å². The Labute approximate surface area is 129 Å². The normalized spacial score (nSPS) is 27.2. The van der Waals surface area contributed by atoms with Gasteiger partial charge >= 0.3 is 0 Å². The number of primary amides is 1. The molecule has 1 aromatic heterocycles. The van der Waals surface area contributed by atoms with E-state index in [0.717, 1.165) is 22.1 Å². The van der Waals surface area contributed by atoms with Crippen molar-refractivity contribution in [2.75, 3.05) is 6.54 Å². The van der Waals surface area contributed by atoms with E-state index in [-0.39, 0.29) is 23.9 Å². The molecule has 4 unspecified atom stereocenters. The van der Waals surface area contributed by atoms with Crippen LogP contribution in [0.3, 0.4) is 0 Å². The molecule has 0 aromatic carbocycles. The first-order valence-electron chi connectivity index (χ1n) is 6.96. The molecule has 4 N–H and O–H groups in total. The molecule has 20 heavy (non-hydrogen) atoms. The number of nitrogens with two attached hydrogens (primary N) is 2. The van der Waals surface area contributed by atoms with Crippen LogP contribution < -0.4 is 11.5 Å². The summed E-state index contributed by atoms with van der Waals surface area (Å²) in [6, 6.07) is 4.38. The minimum atomic E-state index is -0.213. The maximum absolute atomic E-state index is 11.5. The summed E-state index contributed by atoms with van der Waals surface area (Å²) in [7, 11) is 0. The van der Waals surface area contributed by atoms with Crippen molar-refractivity contribution in [3.63, 3.8) is 0 Å². The molecule has 0 bridgehead atoms. The number of amides is 1. The van der Waals surface area contributed by atoms with Crippen LogP contribution in [0.4, 0.5) is 0 Å². The van der Waals surface area contributed by atoms with E-state index < -0.39 is 0 Å². The molecule has 4 nitrogen and oxygen atoms in total. The second-order valence-corrected chi connectivity index (χ2v) is 7.41. The maximum atomic E-state index is 11.5. The number of hydrogen-bond donors (Lipinski definition) is 2. The van der Waals surface area contributed by atoms with Crippen molar-refractivity contribution >= 4 is 28.8 Å². The third kappa shape index (κ3) is 3.34. The predicted octanol–water partition coefficient (Wildman–Crippen LogP) is 2.38. The number of hydrogen-bond acceptors (Lipinski definition) is 4. The molecule has 6 heteroatoms. The van der Waals surface area contributed by atoms with E-state index in [0.29, 0.717) is 12.6 Å². The number of halogens is 1. The lowest BCUT2D eigenvalue weighted by molar-refractivity contribution is -0.124. The number of nitrogens with zero attached hydrogens (tertiary/aromatic N) is 1. The lowest BCUT2D eigenvalue weighted by atomic mass is 9.90. The van der Waals surface area contributed by atoms with E-state index in [9.17, 15) is 4.79 Å². The Kier molecular flexibility index (Phi) is 5.07. The SMILES string of the molecule is CC(N)C(c1ccc(Cl)s1)N1CC(C(N)=O)CCC1C. The van der Waals surface area contributed by atoms with Gasteiger partial charge in [0.15, 0.2) is 0 Å². The summed E-state index contributed by atoms with van der Waals surface area (Å²) in [6.07, 6.45) is 1.83. The summed E-state index contributed by atoms with van der Waals surface area (Å²) in [5.41, 5.74) is 11.7. The van der Waals surface area contributed by atoms with Crippen molar-refractivity contribution in [1.29, 1.82) is 0 Å². The molecule has 1 aliphatic heterocycles. The number of carbonyl (C=O) groups excluding carboxylic acids is 1. The maximum Gasteiger partial charge on any atom is 0.221 e. The van der Waals surface area contributed by atoms with Crippen LogP contribution >= 0.6 is 22.9 Å². The Morgan fingerprint density at radius 2 is 2.20 bits per heavy atom. The van der Waals surface area contributed by atoms with Crippen molar-refractivity contribution in [3.05, 3.63) is 21.3 Å². The zero-order valence-electron chi connectivity index (χ0n) is 11.9. The summed E-state index contributed by atoms with van der Waals surface area (Å²) in [5, 5.41) is 0. The topological polar surface area (TPSA) is 72.3 Å². The number of carbonyl (C=O) groups is 1. The van der Waals surface area contributed by atoms with Gasteiger partial charge in [-0.25, -0.2) is 0 Å². The molecule has 1 fully saturated rings. The van der Waals surface area contributed by atoms with Crippen LogP contribution in [0.5, 0.6) is 0 Å². The summed E-state index contributed by atoms with van der Waals surface area (Å²) in [4.78, 5) is 15.0. The molecular weight excluding hydrogens is 294 g/mol. The van der Waals surface area contributed by atoms with Gasteiger partial charge in [0.25, 0.3) is 0 Å². The van der Waals surface area contributed by atoms with Crippen LogP contribution in [0, 0.1) is 5.92 Å². The van der Waals surface area contributed by atoms with Crippen molar-refractivity contribution in [3.8, 4) is 0 Å². The first kappa shape index (κ1) is 15.8. The van der Waals surface area contributed by atoms with E-state index in [1.54, 1.807) is 11.3 Å². The van der Waals surface area contributed by atoms with Gasteiger partial charge in [-0.1, -0.05) is 11.6 Å². The molecule has 1 saturated heterocycles. The molecule has 1 aliphatic rings. The summed E-state index contributed by atoms with van der Waals surface area (Å²) in [6.45, 7) is 4.86. The molecule has 2 heterocycles. The molecule has 4 atom stereocenters. The van der Waals surface area contributed by atoms with Gasteiger partial charge in [0.2, 0.25) is 5.91 Å². The van der Waals surface area contributed by atoms with Crippen LogP contribution in [0.15, 0.2) is 12.1 Å². The molecule has 112 valence electrons. The van der Waals surface area contributed by atoms with Crippen LogP contribution in [0.1, 0.15) is 37.6 Å². The highest BCUT2D eigenvalue weighted by molar-refractivity contribution is 7.16. The Morgan fingerprint density at radius 1 is 1.50 bits per heavy atom. The van der Waals surface area contributed by atoms with Crippen molar-refractivity contribution in [1.82, 2.24) is 4.90 Å². The second-order valence-electron chi connectivity index (χ2n) is 5.67. The standard InChI is InChI=1S/C14H22ClN3OS/c1-8-3-4-10(14(17)19)7-18(8)13(9(2)16)11-5-6-12(15)20-11/h5-6,8-10,13H,3-4,7,16H2,1-2H3,(H2,17,19). The predicted molar refractivity (Wildman–Crippen MR) is 83.8 cm³/mol. The highest BCUT2D eigenvalue weighted by Crippen LogP contribution is 2.36.